The van der Waals surface area contributed by atoms with Crippen molar-refractivity contribution in [1.82, 2.24) is 24.9 Å². The molecule has 0 spiro atoms. The highest BCUT2D eigenvalue weighted by molar-refractivity contribution is 7.10. The summed E-state index contributed by atoms with van der Waals surface area (Å²) in [6.45, 7) is 1.28. The van der Waals surface area contributed by atoms with E-state index in [1.165, 1.54) is 17.5 Å². The van der Waals surface area contributed by atoms with Gasteiger partial charge in [0.15, 0.2) is 0 Å². The number of pyridine rings is 5. The van der Waals surface area contributed by atoms with Crippen molar-refractivity contribution in [3.8, 4) is 0 Å². The summed E-state index contributed by atoms with van der Waals surface area (Å²) in [6, 6.07) is 13.2. The molecule has 0 aliphatic rings. The van der Waals surface area contributed by atoms with Gasteiger partial charge in [-0.3, -0.25) is 53.7 Å². The van der Waals surface area contributed by atoms with Crippen LogP contribution in [0.3, 0.4) is 0 Å². The molecular formula is C53H65N29O12S. The molecule has 6 atom stereocenters. The summed E-state index contributed by atoms with van der Waals surface area (Å²) in [6.07, 6.45) is 8.95. The van der Waals surface area contributed by atoms with Crippen LogP contribution in [0.5, 0.6) is 0 Å². The maximum atomic E-state index is 10.5. The summed E-state index contributed by atoms with van der Waals surface area (Å²) in [5, 5.41) is 73.8. The summed E-state index contributed by atoms with van der Waals surface area (Å²) in [5.41, 5.74) is 88.6. The van der Waals surface area contributed by atoms with Crippen LogP contribution in [0.25, 0.3) is 62.7 Å². The van der Waals surface area contributed by atoms with E-state index in [1.54, 1.807) is 85.5 Å². The number of carbonyl (C=O) groups is 6. The Balaban J connectivity index is 0.000000570. The van der Waals surface area contributed by atoms with Gasteiger partial charge >= 0.3 is 35.8 Å². The van der Waals surface area contributed by atoms with E-state index in [2.05, 4.69) is 85.1 Å². The van der Waals surface area contributed by atoms with E-state index in [1.807, 2.05) is 11.4 Å². The number of hydrogen-bond donors (Lipinski definition) is 12. The van der Waals surface area contributed by atoms with E-state index in [9.17, 15) is 28.8 Å². The van der Waals surface area contributed by atoms with E-state index in [4.69, 9.17) is 98.2 Å². The zero-order chi connectivity index (χ0) is 71.1. The summed E-state index contributed by atoms with van der Waals surface area (Å²) >= 11 is 1.43. The Hall–Kier alpha value is -12.1. The SMILES string of the molecule is [N-]=[N+]=NCc1cc(C[C@H](N)C(=O)O)cs1.[N-]=[N+]=NCc1ccc(C[C@H](N)C(=O)O)cn1.[N-]=[N+]=NCc1ccc(C[C@H](N)C(=O)O)nc1.[N-]=[N+]=NCc1ccc(C[C@H](N)C(=O)O)nc1.[N-]=[N+]=NCc1cccc(C[C@H](N)C(=O)O)n1.[N-]=[N+]=NCc1cncc(C[C@H](N)C(=O)O)c1. The van der Waals surface area contributed by atoms with Crippen LogP contribution in [0.2, 0.25) is 0 Å². The molecule has 0 aromatic carbocycles. The van der Waals surface area contributed by atoms with Crippen LogP contribution in [0.4, 0.5) is 0 Å². The van der Waals surface area contributed by atoms with Gasteiger partial charge in [-0.15, -0.1) is 11.3 Å². The number of carboxylic acids is 6. The minimum Gasteiger partial charge on any atom is -0.480 e. The van der Waals surface area contributed by atoms with Crippen molar-refractivity contribution < 1.29 is 59.4 Å². The molecule has 0 fully saturated rings. The minimum absolute atomic E-state index is 0.145. The third kappa shape index (κ3) is 37.0. The van der Waals surface area contributed by atoms with Crippen LogP contribution in [0, 0.1) is 0 Å². The first kappa shape index (κ1) is 80.9. The molecule has 0 saturated heterocycles. The lowest BCUT2D eigenvalue weighted by Crippen LogP contribution is -2.32. The lowest BCUT2D eigenvalue weighted by atomic mass is 10.1. The molecule has 0 amide bonds. The largest absolute Gasteiger partial charge is 0.480 e. The number of thiophene rings is 1. The summed E-state index contributed by atoms with van der Waals surface area (Å²) in [5.74, 6) is -6.29. The molecule has 18 N–H and O–H groups in total. The Morgan fingerprint density at radius 1 is 0.368 bits per heavy atom. The van der Waals surface area contributed by atoms with Crippen molar-refractivity contribution in [2.75, 3.05) is 0 Å². The van der Waals surface area contributed by atoms with Gasteiger partial charge in [0.05, 0.1) is 39.3 Å². The number of aliphatic carboxylic acids is 6. The first-order chi connectivity index (χ1) is 45.3. The van der Waals surface area contributed by atoms with Crippen molar-refractivity contribution in [3.63, 3.8) is 0 Å². The van der Waals surface area contributed by atoms with Crippen LogP contribution in [-0.4, -0.2) is 128 Å². The fourth-order valence-corrected chi connectivity index (χ4v) is 7.52. The van der Waals surface area contributed by atoms with Gasteiger partial charge in [0.25, 0.3) is 0 Å². The van der Waals surface area contributed by atoms with Gasteiger partial charge in [-0.25, -0.2) is 0 Å². The molecule has 95 heavy (non-hydrogen) atoms. The molecule has 6 aromatic heterocycles. The number of carboxylic acid groups (broad SMARTS) is 6. The van der Waals surface area contributed by atoms with Crippen molar-refractivity contribution in [2.45, 2.75) is 114 Å². The van der Waals surface area contributed by atoms with Crippen molar-refractivity contribution in [1.29, 1.82) is 0 Å². The van der Waals surface area contributed by atoms with E-state index in [0.29, 0.717) is 47.0 Å². The molecule has 6 rings (SSSR count). The molecule has 500 valence electrons. The number of nitrogens with two attached hydrogens (primary N) is 6. The molecule has 0 unspecified atom stereocenters. The first-order valence-corrected chi connectivity index (χ1v) is 27.9. The van der Waals surface area contributed by atoms with Gasteiger partial charge in [0.2, 0.25) is 0 Å². The third-order valence-corrected chi connectivity index (χ3v) is 12.4. The Morgan fingerprint density at radius 3 is 1.13 bits per heavy atom. The van der Waals surface area contributed by atoms with Crippen LogP contribution in [0.15, 0.2) is 134 Å². The van der Waals surface area contributed by atoms with Crippen molar-refractivity contribution in [2.24, 2.45) is 65.1 Å². The highest BCUT2D eigenvalue weighted by Gasteiger charge is 2.17. The molecule has 0 aliphatic carbocycles. The lowest BCUT2D eigenvalue weighted by molar-refractivity contribution is -0.139. The molecule has 0 bridgehead atoms. The van der Waals surface area contributed by atoms with E-state index < -0.39 is 72.1 Å². The van der Waals surface area contributed by atoms with E-state index in [0.717, 1.165) is 32.7 Å². The highest BCUT2D eigenvalue weighted by Crippen LogP contribution is 2.17. The maximum Gasteiger partial charge on any atom is 0.320 e. The normalized spacial score (nSPS) is 11.6. The van der Waals surface area contributed by atoms with Crippen LogP contribution in [0.1, 0.15) is 66.7 Å². The Bertz CT molecular complexity index is 3460. The van der Waals surface area contributed by atoms with Gasteiger partial charge in [0.1, 0.15) is 36.3 Å². The average molecular weight is 1330 g/mol. The number of nitrogens with zero attached hydrogens (tertiary/aromatic N) is 23. The Labute approximate surface area is 541 Å². The molecule has 6 heterocycles. The van der Waals surface area contributed by atoms with Crippen LogP contribution < -0.4 is 34.4 Å². The van der Waals surface area contributed by atoms with Gasteiger partial charge < -0.3 is 65.0 Å². The smallest absolute Gasteiger partial charge is 0.320 e. The molecule has 42 heteroatoms. The third-order valence-electron chi connectivity index (χ3n) is 11.5. The van der Waals surface area contributed by atoms with Crippen LogP contribution in [-0.2, 0) is 107 Å². The standard InChI is InChI=1S/5C9H11N5O2.C8H10N4O2S/c10-8(9(15)16)2-6-1-7(4-12-3-6)5-13-14-11;2*10-8(9(15)16)3-7-2-1-6(4-12-7)5-13-14-11;10-8(9(15)16)3-6-1-2-7(12-4-6)5-13-14-11;10-8(9(15)16)4-6-2-1-3-7(13-6)5-12-14-11;9-7(8(13)14)2-5-1-6(15-4-5)3-11-12-10/h1,3-4,8H,2,5,10H2,(H,15,16);3*1-2,4,8H,3,5,10H2,(H,15,16);1-3,8H,4-5,10H2,(H,15,16);1,4,7H,2-3,9H2,(H,13,14)/t5*8-;7-/m000000/s1. The minimum atomic E-state index is -1.07. The van der Waals surface area contributed by atoms with Crippen molar-refractivity contribution >= 4 is 47.2 Å². The second-order valence-corrected chi connectivity index (χ2v) is 19.9. The summed E-state index contributed by atoms with van der Waals surface area (Å²) < 4.78 is 0. The Morgan fingerprint density at radius 2 is 0.705 bits per heavy atom. The molecular weight excluding hydrogens is 1270 g/mol. The number of aromatic nitrogens is 5. The number of azide groups is 6. The van der Waals surface area contributed by atoms with Gasteiger partial charge in [-0.1, -0.05) is 61.0 Å². The monoisotopic (exact) mass is 1330 g/mol. The quantitative estimate of drug-likeness (QED) is 0.0145. The predicted molar refractivity (Wildman–Crippen MR) is 338 cm³/mol. The fourth-order valence-electron chi connectivity index (χ4n) is 6.71. The number of rotatable bonds is 30. The molecule has 41 nitrogen and oxygen atoms in total. The Kier molecular flexibility index (Phi) is 39.9. The highest BCUT2D eigenvalue weighted by atomic mass is 32.1. The second kappa shape index (κ2) is 46.9. The summed E-state index contributed by atoms with van der Waals surface area (Å²) in [7, 11) is 0. The van der Waals surface area contributed by atoms with Crippen LogP contribution >= 0.6 is 11.3 Å². The molecule has 6 aromatic rings. The zero-order valence-electron chi connectivity index (χ0n) is 50.1. The van der Waals surface area contributed by atoms with Crippen molar-refractivity contribution in [3.05, 3.63) is 232 Å². The second-order valence-electron chi connectivity index (χ2n) is 18.9. The first-order valence-electron chi connectivity index (χ1n) is 27.0. The lowest BCUT2D eigenvalue weighted by Gasteiger charge is -2.06. The predicted octanol–water partition coefficient (Wildman–Crippen LogP) is 5.74. The fraction of sp³-hybridized carbons (Fsp3) is 0.340. The van der Waals surface area contributed by atoms with Gasteiger partial charge in [0, 0.05) is 113 Å². The molecule has 0 aliphatic heterocycles. The van der Waals surface area contributed by atoms with Gasteiger partial charge in [-0.05, 0) is 128 Å². The number of hydrogen-bond acceptors (Lipinski definition) is 24. The average Bonchev–Trinajstić information content (AvgIpc) is 2.31. The molecule has 0 saturated carbocycles. The van der Waals surface area contributed by atoms with E-state index in [-0.39, 0.29) is 64.8 Å². The van der Waals surface area contributed by atoms with E-state index >= 15 is 0 Å². The maximum absolute atomic E-state index is 10.5. The van der Waals surface area contributed by atoms with Gasteiger partial charge in [-0.2, -0.15) is 0 Å². The summed E-state index contributed by atoms with van der Waals surface area (Å²) in [4.78, 5) is 99.9. The topological polar surface area (TPSA) is 737 Å². The zero-order valence-corrected chi connectivity index (χ0v) is 50.9. The molecule has 0 radical (unpaired) electrons.